The fourth-order valence-electron chi connectivity index (χ4n) is 3.17. The first-order valence-electron chi connectivity index (χ1n) is 10.5. The number of hydrogen-bond acceptors (Lipinski definition) is 9. The van der Waals surface area contributed by atoms with Crippen LogP contribution in [0.15, 0.2) is 57.8 Å². The molecule has 4 rings (SSSR count). The van der Waals surface area contributed by atoms with Crippen molar-refractivity contribution in [1.29, 1.82) is 0 Å². The predicted molar refractivity (Wildman–Crippen MR) is 118 cm³/mol. The smallest absolute Gasteiger partial charge is 0.249 e. The number of methoxy groups -OCH3 is 1. The Morgan fingerprint density at radius 2 is 1.79 bits per heavy atom. The molecular formula is C23H24N6O4. The van der Waals surface area contributed by atoms with Crippen LogP contribution in [0, 0.1) is 5.92 Å². The predicted octanol–water partition coefficient (Wildman–Crippen LogP) is 3.64. The molecule has 0 aliphatic carbocycles. The van der Waals surface area contributed by atoms with Crippen molar-refractivity contribution >= 4 is 5.91 Å². The number of amides is 1. The Kier molecular flexibility index (Phi) is 6.72. The van der Waals surface area contributed by atoms with Gasteiger partial charge >= 0.3 is 0 Å². The van der Waals surface area contributed by atoms with E-state index in [0.29, 0.717) is 29.9 Å². The average Bonchev–Trinajstić information content (AvgIpc) is 3.52. The lowest BCUT2D eigenvalue weighted by Gasteiger charge is -2.18. The fraction of sp³-hybridized carbons (Fsp3) is 0.304. The second-order valence-electron chi connectivity index (χ2n) is 7.73. The number of benzene rings is 1. The van der Waals surface area contributed by atoms with Crippen LogP contribution in [-0.4, -0.2) is 38.3 Å². The van der Waals surface area contributed by atoms with E-state index in [1.165, 1.54) is 0 Å². The van der Waals surface area contributed by atoms with Crippen molar-refractivity contribution in [1.82, 2.24) is 30.6 Å². The number of carbonyl (C=O) groups excluding carboxylic acids is 1. The third-order valence-electron chi connectivity index (χ3n) is 4.99. The molecule has 0 fully saturated rings. The summed E-state index contributed by atoms with van der Waals surface area (Å²) in [4.78, 5) is 25.5. The van der Waals surface area contributed by atoms with Crippen molar-refractivity contribution in [2.24, 2.45) is 5.92 Å². The van der Waals surface area contributed by atoms with E-state index in [1.54, 1.807) is 25.6 Å². The maximum absolute atomic E-state index is 12.6. The first-order valence-corrected chi connectivity index (χ1v) is 10.5. The van der Waals surface area contributed by atoms with Crippen molar-refractivity contribution in [2.75, 3.05) is 7.11 Å². The minimum atomic E-state index is -0.423. The molecule has 1 amide bonds. The van der Waals surface area contributed by atoms with Gasteiger partial charge in [-0.25, -0.2) is 0 Å². The Morgan fingerprint density at radius 1 is 1.03 bits per heavy atom. The van der Waals surface area contributed by atoms with Crippen LogP contribution in [0.1, 0.15) is 38.1 Å². The Labute approximate surface area is 190 Å². The van der Waals surface area contributed by atoms with Crippen LogP contribution in [0.3, 0.4) is 0 Å². The van der Waals surface area contributed by atoms with Gasteiger partial charge in [0.25, 0.3) is 0 Å². The molecule has 10 nitrogen and oxygen atoms in total. The number of pyridine rings is 1. The second kappa shape index (κ2) is 10.0. The summed E-state index contributed by atoms with van der Waals surface area (Å²) in [7, 11) is 1.61. The van der Waals surface area contributed by atoms with Crippen molar-refractivity contribution in [3.8, 4) is 28.5 Å². The lowest BCUT2D eigenvalue weighted by Crippen LogP contribution is -2.32. The number of ether oxygens (including phenoxy) is 1. The number of aromatic nitrogens is 5. The molecule has 170 valence electrons. The summed E-state index contributed by atoms with van der Waals surface area (Å²) >= 11 is 0. The molecule has 3 heterocycles. The third kappa shape index (κ3) is 5.40. The molecule has 0 radical (unpaired) electrons. The van der Waals surface area contributed by atoms with Crippen LogP contribution in [0.5, 0.6) is 5.75 Å². The van der Waals surface area contributed by atoms with E-state index in [1.807, 2.05) is 44.2 Å². The maximum Gasteiger partial charge on any atom is 0.249 e. The zero-order chi connectivity index (χ0) is 23.2. The van der Waals surface area contributed by atoms with Gasteiger partial charge in [-0.3, -0.25) is 9.78 Å². The molecule has 10 heteroatoms. The van der Waals surface area contributed by atoms with Crippen LogP contribution in [-0.2, 0) is 11.2 Å². The molecule has 0 saturated heterocycles. The summed E-state index contributed by atoms with van der Waals surface area (Å²) < 4.78 is 15.9. The van der Waals surface area contributed by atoms with Crippen molar-refractivity contribution in [3.63, 3.8) is 0 Å². The number of nitrogens with zero attached hydrogens (tertiary/aromatic N) is 5. The molecule has 0 saturated carbocycles. The molecule has 33 heavy (non-hydrogen) atoms. The summed E-state index contributed by atoms with van der Waals surface area (Å²) in [6.45, 7) is 3.94. The van der Waals surface area contributed by atoms with Crippen LogP contribution in [0.4, 0.5) is 0 Å². The Balaban J connectivity index is 1.36. The highest BCUT2D eigenvalue weighted by molar-refractivity contribution is 5.76. The van der Waals surface area contributed by atoms with Gasteiger partial charge in [-0.2, -0.15) is 9.97 Å². The van der Waals surface area contributed by atoms with Gasteiger partial charge in [-0.15, -0.1) is 0 Å². The minimum Gasteiger partial charge on any atom is -0.497 e. The Morgan fingerprint density at radius 3 is 2.48 bits per heavy atom. The van der Waals surface area contributed by atoms with E-state index in [2.05, 4.69) is 30.6 Å². The molecule has 1 unspecified atom stereocenters. The number of nitrogens with one attached hydrogen (secondary N) is 1. The normalized spacial score (nSPS) is 12.0. The third-order valence-corrected chi connectivity index (χ3v) is 4.99. The highest BCUT2D eigenvalue weighted by Gasteiger charge is 2.25. The molecule has 0 aliphatic rings. The Hall–Kier alpha value is -4.08. The highest BCUT2D eigenvalue weighted by Crippen LogP contribution is 2.24. The van der Waals surface area contributed by atoms with Gasteiger partial charge in [-0.1, -0.05) is 24.2 Å². The fourth-order valence-corrected chi connectivity index (χ4v) is 3.17. The summed E-state index contributed by atoms with van der Waals surface area (Å²) in [5.74, 6) is 2.22. The monoisotopic (exact) mass is 448 g/mol. The molecular weight excluding hydrogens is 424 g/mol. The molecule has 0 aliphatic heterocycles. The highest BCUT2D eigenvalue weighted by atomic mass is 16.5. The summed E-state index contributed by atoms with van der Waals surface area (Å²) in [6, 6.07) is 10.5. The largest absolute Gasteiger partial charge is 0.497 e. The van der Waals surface area contributed by atoms with Gasteiger partial charge in [0.1, 0.15) is 11.8 Å². The molecule has 0 spiro atoms. The van der Waals surface area contributed by atoms with Crippen LogP contribution >= 0.6 is 0 Å². The van der Waals surface area contributed by atoms with E-state index in [9.17, 15) is 4.79 Å². The van der Waals surface area contributed by atoms with E-state index in [-0.39, 0.29) is 18.2 Å². The number of carbonyl (C=O) groups is 1. The topological polar surface area (TPSA) is 129 Å². The molecule has 1 N–H and O–H groups in total. The summed E-state index contributed by atoms with van der Waals surface area (Å²) in [6.07, 6.45) is 3.81. The second-order valence-corrected chi connectivity index (χ2v) is 7.73. The maximum atomic E-state index is 12.6. The quantitative estimate of drug-likeness (QED) is 0.408. The first kappa shape index (κ1) is 22.1. The van der Waals surface area contributed by atoms with Gasteiger partial charge in [0.05, 0.1) is 7.11 Å². The Bertz CT molecular complexity index is 1190. The van der Waals surface area contributed by atoms with Crippen molar-refractivity contribution in [3.05, 3.63) is 60.6 Å². The van der Waals surface area contributed by atoms with Gasteiger partial charge < -0.3 is 19.1 Å². The van der Waals surface area contributed by atoms with E-state index in [0.717, 1.165) is 16.9 Å². The molecule has 0 bridgehead atoms. The van der Waals surface area contributed by atoms with E-state index in [4.69, 9.17) is 13.8 Å². The standard InChI is InChI=1S/C23H24N6O4/c1-14(2)20(23-27-22(29-33-23)16-5-4-12-24-13-16)25-18(30)10-11-19-26-21(28-32-19)15-6-8-17(31-3)9-7-15/h4-9,12-14,20H,10-11H2,1-3H3,(H,25,30). The number of aryl methyl sites for hydroxylation is 1. The SMILES string of the molecule is COc1ccc(-c2noc(CCC(=O)NC(c3nc(-c4cccnc4)no3)C(C)C)n2)cc1. The van der Waals surface area contributed by atoms with Crippen LogP contribution in [0.2, 0.25) is 0 Å². The summed E-state index contributed by atoms with van der Waals surface area (Å²) in [5, 5.41) is 11.0. The van der Waals surface area contributed by atoms with Gasteiger partial charge in [0, 0.05) is 36.4 Å². The van der Waals surface area contributed by atoms with Crippen LogP contribution in [0.25, 0.3) is 22.8 Å². The lowest BCUT2D eigenvalue weighted by atomic mass is 10.0. The average molecular weight is 448 g/mol. The van der Waals surface area contributed by atoms with Gasteiger partial charge in [0.2, 0.25) is 29.3 Å². The van der Waals surface area contributed by atoms with Crippen molar-refractivity contribution < 1.29 is 18.6 Å². The van der Waals surface area contributed by atoms with E-state index >= 15 is 0 Å². The minimum absolute atomic E-state index is 0.0428. The zero-order valence-electron chi connectivity index (χ0n) is 18.6. The molecule has 4 aromatic rings. The van der Waals surface area contributed by atoms with Crippen molar-refractivity contribution in [2.45, 2.75) is 32.7 Å². The van der Waals surface area contributed by atoms with E-state index < -0.39 is 6.04 Å². The first-order chi connectivity index (χ1) is 16.0. The molecule has 1 aromatic carbocycles. The van der Waals surface area contributed by atoms with Gasteiger partial charge in [-0.05, 0) is 42.3 Å². The molecule has 1 atom stereocenters. The molecule has 3 aromatic heterocycles. The lowest BCUT2D eigenvalue weighted by molar-refractivity contribution is -0.122. The van der Waals surface area contributed by atoms with Crippen LogP contribution < -0.4 is 10.1 Å². The number of rotatable bonds is 9. The number of hydrogen-bond donors (Lipinski definition) is 1. The van der Waals surface area contributed by atoms with Gasteiger partial charge in [0.15, 0.2) is 0 Å². The zero-order valence-corrected chi connectivity index (χ0v) is 18.6. The summed E-state index contributed by atoms with van der Waals surface area (Å²) in [5.41, 5.74) is 1.54.